The van der Waals surface area contributed by atoms with E-state index in [1.165, 1.54) is 11.1 Å². The minimum atomic E-state index is -2.94. The molecule has 1 aromatic heterocycles. The van der Waals surface area contributed by atoms with Gasteiger partial charge in [0, 0.05) is 18.4 Å². The Morgan fingerprint density at radius 2 is 1.81 bits per heavy atom. The highest BCUT2D eigenvalue weighted by Gasteiger charge is 2.16. The zero-order chi connectivity index (χ0) is 12.5. The zero-order valence-corrected chi connectivity index (χ0v) is 11.6. The summed E-state index contributed by atoms with van der Waals surface area (Å²) >= 11 is 0. The van der Waals surface area contributed by atoms with Crippen LogP contribution in [-0.2, 0) is 16.4 Å². The summed E-state index contributed by atoms with van der Waals surface area (Å²) in [6.45, 7) is 10.2. The van der Waals surface area contributed by atoms with Crippen LogP contribution in [-0.4, -0.2) is 24.0 Å². The molecule has 0 atom stereocenters. The van der Waals surface area contributed by atoms with Gasteiger partial charge in [0.05, 0.1) is 11.0 Å². The van der Waals surface area contributed by atoms with Gasteiger partial charge in [0.2, 0.25) is 0 Å². The minimum absolute atomic E-state index is 0.221. The molecule has 1 heterocycles. The molecule has 0 spiro atoms. The Hall–Kier alpha value is -0.770. The highest BCUT2D eigenvalue weighted by molar-refractivity contribution is 7.91. The average Bonchev–Trinajstić information content (AvgIpc) is 2.43. The monoisotopic (exact) mass is 243 g/mol. The lowest BCUT2D eigenvalue weighted by Gasteiger charge is -2.10. The maximum atomic E-state index is 11.7. The molecule has 0 aliphatic rings. The maximum Gasteiger partial charge on any atom is 0.154 e. The molecule has 1 rings (SSSR count). The smallest absolute Gasteiger partial charge is 0.154 e. The third-order valence-electron chi connectivity index (χ3n) is 3.25. The van der Waals surface area contributed by atoms with Gasteiger partial charge in [-0.3, -0.25) is 0 Å². The normalized spacial score (nSPS) is 12.4. The maximum absolute atomic E-state index is 11.7. The van der Waals surface area contributed by atoms with Gasteiger partial charge in [-0.1, -0.05) is 0 Å². The summed E-state index contributed by atoms with van der Waals surface area (Å²) in [5.41, 5.74) is 3.64. The second kappa shape index (κ2) is 4.62. The molecular formula is C12H21NO2S. The summed E-state index contributed by atoms with van der Waals surface area (Å²) in [5, 5.41) is -0.287. The molecule has 0 amide bonds. The third-order valence-corrected chi connectivity index (χ3v) is 5.44. The van der Waals surface area contributed by atoms with Gasteiger partial charge in [0.1, 0.15) is 0 Å². The lowest BCUT2D eigenvalue weighted by molar-refractivity contribution is 0.579. The van der Waals surface area contributed by atoms with Crippen LogP contribution in [0, 0.1) is 20.8 Å². The van der Waals surface area contributed by atoms with Gasteiger partial charge in [-0.15, -0.1) is 0 Å². The molecule has 4 heteroatoms. The Balaban J connectivity index is 2.80. The van der Waals surface area contributed by atoms with Crippen molar-refractivity contribution in [2.75, 3.05) is 5.75 Å². The Morgan fingerprint density at radius 1 is 1.25 bits per heavy atom. The predicted molar refractivity (Wildman–Crippen MR) is 67.6 cm³/mol. The molecule has 0 bridgehead atoms. The largest absolute Gasteiger partial charge is 0.350 e. The quantitative estimate of drug-likeness (QED) is 0.813. The first-order valence-corrected chi connectivity index (χ1v) is 7.31. The summed E-state index contributed by atoms with van der Waals surface area (Å²) in [6, 6.07) is 0. The highest BCUT2D eigenvalue weighted by Crippen LogP contribution is 2.15. The number of hydrogen-bond donors (Lipinski definition) is 0. The highest BCUT2D eigenvalue weighted by atomic mass is 32.2. The van der Waals surface area contributed by atoms with Gasteiger partial charge in [0.25, 0.3) is 0 Å². The van der Waals surface area contributed by atoms with E-state index >= 15 is 0 Å². The van der Waals surface area contributed by atoms with Crippen molar-refractivity contribution in [3.8, 4) is 0 Å². The average molecular weight is 243 g/mol. The van der Waals surface area contributed by atoms with Crippen molar-refractivity contribution >= 4 is 9.84 Å². The first kappa shape index (κ1) is 13.3. The standard InChI is InChI=1S/C12H21NO2S/c1-9(2)16(14,15)7-6-13-8-10(3)11(4)12(13)5/h8-9H,6-7H2,1-5H3. The van der Waals surface area contributed by atoms with Crippen molar-refractivity contribution in [2.45, 2.75) is 46.4 Å². The molecule has 0 saturated heterocycles. The first-order valence-electron chi connectivity index (χ1n) is 5.60. The lowest BCUT2D eigenvalue weighted by atomic mass is 10.2. The van der Waals surface area contributed by atoms with Crippen molar-refractivity contribution < 1.29 is 8.42 Å². The van der Waals surface area contributed by atoms with Gasteiger partial charge in [-0.2, -0.15) is 0 Å². The van der Waals surface area contributed by atoms with Gasteiger partial charge in [-0.05, 0) is 45.7 Å². The van der Waals surface area contributed by atoms with Crippen LogP contribution >= 0.6 is 0 Å². The molecular weight excluding hydrogens is 222 g/mol. The van der Waals surface area contributed by atoms with E-state index in [0.29, 0.717) is 6.54 Å². The van der Waals surface area contributed by atoms with Gasteiger partial charge < -0.3 is 4.57 Å². The molecule has 1 aromatic rings. The number of nitrogens with zero attached hydrogens (tertiary/aromatic N) is 1. The topological polar surface area (TPSA) is 39.1 Å². The number of aromatic nitrogens is 1. The second-order valence-electron chi connectivity index (χ2n) is 4.63. The van der Waals surface area contributed by atoms with Crippen LogP contribution in [0.5, 0.6) is 0 Å². The fourth-order valence-electron chi connectivity index (χ4n) is 1.62. The molecule has 0 aliphatic carbocycles. The molecule has 0 radical (unpaired) electrons. The fraction of sp³-hybridized carbons (Fsp3) is 0.667. The summed E-state index contributed by atoms with van der Waals surface area (Å²) in [5.74, 6) is 0.221. The predicted octanol–water partition coefficient (Wildman–Crippen LogP) is 2.24. The van der Waals surface area contributed by atoms with Crippen LogP contribution in [0.2, 0.25) is 0 Å². The summed E-state index contributed by atoms with van der Waals surface area (Å²) in [7, 11) is -2.94. The lowest BCUT2D eigenvalue weighted by Crippen LogP contribution is -2.21. The molecule has 3 nitrogen and oxygen atoms in total. The van der Waals surface area contributed by atoms with Crippen LogP contribution in [0.3, 0.4) is 0 Å². The summed E-state index contributed by atoms with van der Waals surface area (Å²) < 4.78 is 25.4. The Kier molecular flexibility index (Phi) is 3.84. The number of rotatable bonds is 4. The molecule has 0 aliphatic heterocycles. The van der Waals surface area contributed by atoms with E-state index in [9.17, 15) is 8.42 Å². The fourth-order valence-corrected chi connectivity index (χ4v) is 2.54. The van der Waals surface area contributed by atoms with E-state index in [-0.39, 0.29) is 11.0 Å². The second-order valence-corrected chi connectivity index (χ2v) is 7.31. The van der Waals surface area contributed by atoms with Crippen LogP contribution < -0.4 is 0 Å². The molecule has 0 aromatic carbocycles. The van der Waals surface area contributed by atoms with Crippen molar-refractivity contribution in [2.24, 2.45) is 0 Å². The molecule has 0 fully saturated rings. The Morgan fingerprint density at radius 3 is 2.19 bits per heavy atom. The molecule has 0 unspecified atom stereocenters. The van der Waals surface area contributed by atoms with Crippen LogP contribution in [0.25, 0.3) is 0 Å². The Bertz CT molecular complexity index is 469. The molecule has 0 N–H and O–H groups in total. The van der Waals surface area contributed by atoms with E-state index in [4.69, 9.17) is 0 Å². The van der Waals surface area contributed by atoms with Gasteiger partial charge in [0.15, 0.2) is 9.84 Å². The van der Waals surface area contributed by atoms with Gasteiger partial charge >= 0.3 is 0 Å². The van der Waals surface area contributed by atoms with Crippen molar-refractivity contribution in [3.05, 3.63) is 23.0 Å². The van der Waals surface area contributed by atoms with Crippen molar-refractivity contribution in [3.63, 3.8) is 0 Å². The first-order chi connectivity index (χ1) is 7.25. The minimum Gasteiger partial charge on any atom is -0.350 e. The van der Waals surface area contributed by atoms with Crippen molar-refractivity contribution in [1.82, 2.24) is 4.57 Å². The van der Waals surface area contributed by atoms with E-state index < -0.39 is 9.84 Å². The Labute approximate surface area is 98.4 Å². The van der Waals surface area contributed by atoms with E-state index in [1.807, 2.05) is 17.7 Å². The zero-order valence-electron chi connectivity index (χ0n) is 10.7. The van der Waals surface area contributed by atoms with Crippen LogP contribution in [0.4, 0.5) is 0 Å². The van der Waals surface area contributed by atoms with Crippen LogP contribution in [0.15, 0.2) is 6.20 Å². The number of sulfone groups is 1. The van der Waals surface area contributed by atoms with E-state index in [1.54, 1.807) is 13.8 Å². The van der Waals surface area contributed by atoms with Crippen molar-refractivity contribution in [1.29, 1.82) is 0 Å². The summed E-state index contributed by atoms with van der Waals surface area (Å²) in [6.07, 6.45) is 2.03. The van der Waals surface area contributed by atoms with Gasteiger partial charge in [-0.25, -0.2) is 8.42 Å². The molecule has 92 valence electrons. The number of hydrogen-bond acceptors (Lipinski definition) is 2. The molecule has 16 heavy (non-hydrogen) atoms. The van der Waals surface area contributed by atoms with Crippen LogP contribution in [0.1, 0.15) is 30.7 Å². The molecule has 0 saturated carbocycles. The van der Waals surface area contributed by atoms with E-state index in [2.05, 4.69) is 13.8 Å². The number of aryl methyl sites for hydroxylation is 2. The summed E-state index contributed by atoms with van der Waals surface area (Å²) in [4.78, 5) is 0. The SMILES string of the molecule is Cc1cn(CCS(=O)(=O)C(C)C)c(C)c1C. The van der Waals surface area contributed by atoms with E-state index in [0.717, 1.165) is 5.69 Å². The third kappa shape index (κ3) is 2.67.